The van der Waals surface area contributed by atoms with Crippen molar-refractivity contribution in [3.05, 3.63) is 11.3 Å². The first-order valence-corrected chi connectivity index (χ1v) is 11.2. The second kappa shape index (κ2) is 8.28. The van der Waals surface area contributed by atoms with Crippen LogP contribution in [0.5, 0.6) is 0 Å². The predicted molar refractivity (Wildman–Crippen MR) is 101 cm³/mol. The van der Waals surface area contributed by atoms with Gasteiger partial charge in [-0.15, -0.1) is 11.8 Å². The van der Waals surface area contributed by atoms with E-state index in [0.717, 1.165) is 4.90 Å². The molecule has 16 heteroatoms. The number of aryl methyl sites for hydroxylation is 1. The fraction of sp³-hybridized carbons (Fsp3) is 0.500. The monoisotopic (exact) mass is 456 g/mol. The van der Waals surface area contributed by atoms with Crippen molar-refractivity contribution in [2.45, 2.75) is 11.4 Å². The molecular formula is C14H16N8O6S2. The lowest BCUT2D eigenvalue weighted by Gasteiger charge is -2.49. The highest BCUT2D eigenvalue weighted by Crippen LogP contribution is 2.40. The first kappa shape index (κ1) is 21.5. The van der Waals surface area contributed by atoms with E-state index in [1.165, 1.54) is 22.5 Å². The van der Waals surface area contributed by atoms with Crippen LogP contribution in [0.2, 0.25) is 0 Å². The van der Waals surface area contributed by atoms with Gasteiger partial charge in [0.2, 0.25) is 11.9 Å². The van der Waals surface area contributed by atoms with Crippen molar-refractivity contribution in [2.75, 3.05) is 29.1 Å². The number of hydrogen-bond donors (Lipinski definition) is 3. The molecule has 2 aliphatic rings. The molecule has 3 rings (SSSR count). The number of β-lactam (4-membered cyclic amide) rings is 1. The van der Waals surface area contributed by atoms with E-state index in [9.17, 15) is 27.9 Å². The first-order chi connectivity index (χ1) is 14.1. The van der Waals surface area contributed by atoms with E-state index in [1.54, 1.807) is 7.05 Å². The lowest BCUT2D eigenvalue weighted by Crippen LogP contribution is -2.71. The number of fused-ring (bicyclic) bond motifs is 1. The zero-order chi connectivity index (χ0) is 22.1. The Labute approximate surface area is 174 Å². The summed E-state index contributed by atoms with van der Waals surface area (Å²) in [6, 6.07) is 0.410. The Morgan fingerprint density at radius 2 is 2.17 bits per heavy atom. The predicted octanol–water partition coefficient (Wildman–Crippen LogP) is -2.70. The zero-order valence-electron chi connectivity index (χ0n) is 15.5. The molecule has 30 heavy (non-hydrogen) atoms. The van der Waals surface area contributed by atoms with Crippen LogP contribution >= 0.6 is 11.8 Å². The minimum absolute atomic E-state index is 0.0861. The van der Waals surface area contributed by atoms with Crippen LogP contribution in [0.15, 0.2) is 11.3 Å². The summed E-state index contributed by atoms with van der Waals surface area (Å²) in [7, 11) is -2.31. The number of nitriles is 1. The van der Waals surface area contributed by atoms with Crippen molar-refractivity contribution >= 4 is 45.3 Å². The summed E-state index contributed by atoms with van der Waals surface area (Å²) in [6.45, 7) is 0.0861. The van der Waals surface area contributed by atoms with Gasteiger partial charge in [-0.2, -0.15) is 5.26 Å². The number of rotatable bonds is 8. The van der Waals surface area contributed by atoms with E-state index >= 15 is 0 Å². The Kier molecular flexibility index (Phi) is 5.94. The molecule has 3 heterocycles. The van der Waals surface area contributed by atoms with Crippen molar-refractivity contribution in [2.24, 2.45) is 7.05 Å². The quantitative estimate of drug-likeness (QED) is 0.342. The third-order valence-electron chi connectivity index (χ3n) is 4.28. The third kappa shape index (κ3) is 4.21. The van der Waals surface area contributed by atoms with Gasteiger partial charge in [0.1, 0.15) is 28.6 Å². The number of aromatic nitrogens is 4. The molecule has 0 radical (unpaired) electrons. The number of thioether (sulfide) groups is 1. The summed E-state index contributed by atoms with van der Waals surface area (Å²) >= 11 is 1.23. The van der Waals surface area contributed by atoms with Crippen LogP contribution in [-0.4, -0.2) is 91.6 Å². The van der Waals surface area contributed by atoms with Gasteiger partial charge in [0.15, 0.2) is 9.84 Å². The summed E-state index contributed by atoms with van der Waals surface area (Å²) in [4.78, 5) is 37.3. The number of carboxylic acids is 1. The topological polar surface area (TPSA) is 200 Å². The summed E-state index contributed by atoms with van der Waals surface area (Å²) in [6.07, 6.45) is 0. The molecule has 0 aromatic carbocycles. The smallest absolute Gasteiger partial charge is 0.352 e. The molecule has 0 unspecified atom stereocenters. The number of carbonyl (C=O) groups excluding carboxylic acids is 2. The van der Waals surface area contributed by atoms with Crippen molar-refractivity contribution in [1.82, 2.24) is 30.4 Å². The number of nitrogens with zero attached hydrogens (tertiary/aromatic N) is 6. The van der Waals surface area contributed by atoms with Crippen molar-refractivity contribution in [3.63, 3.8) is 0 Å². The number of carboxylic acid groups (broad SMARTS) is 1. The number of nitrogens with one attached hydrogen (secondary N) is 2. The lowest BCUT2D eigenvalue weighted by atomic mass is 10.0. The van der Waals surface area contributed by atoms with Gasteiger partial charge in [0, 0.05) is 19.3 Å². The van der Waals surface area contributed by atoms with Gasteiger partial charge in [-0.3, -0.25) is 14.5 Å². The molecule has 1 aromatic rings. The van der Waals surface area contributed by atoms with E-state index in [0.29, 0.717) is 11.5 Å². The van der Waals surface area contributed by atoms with Crippen LogP contribution < -0.4 is 10.6 Å². The molecule has 3 N–H and O–H groups in total. The minimum atomic E-state index is -3.91. The van der Waals surface area contributed by atoms with Crippen LogP contribution in [0, 0.1) is 11.3 Å². The Hall–Kier alpha value is -3.19. The normalized spacial score (nSPS) is 20.8. The molecule has 1 fully saturated rings. The Morgan fingerprint density at radius 3 is 2.77 bits per heavy atom. The number of carbonyl (C=O) groups is 3. The standard InChI is InChI=1S/C14H16N8O6S2/c1-21-14(18-19-20-21)16-4-7-5-29-12-9(11(24)22(12)10(7)13(25)26)17-8(23)6-30(27,28)3-2-15/h9,12H,3-6H2,1H3,(H,17,23)(H,25,26)(H,16,18,20)/t9-,12-/m1/s1. The van der Waals surface area contributed by atoms with E-state index < -0.39 is 50.5 Å². The summed E-state index contributed by atoms with van der Waals surface area (Å²) < 4.78 is 24.5. The lowest BCUT2D eigenvalue weighted by molar-refractivity contribution is -0.150. The highest BCUT2D eigenvalue weighted by atomic mass is 32.2. The summed E-state index contributed by atoms with van der Waals surface area (Å²) in [5, 5.41) is 33.5. The highest BCUT2D eigenvalue weighted by Gasteiger charge is 2.54. The van der Waals surface area contributed by atoms with Crippen molar-refractivity contribution in [1.29, 1.82) is 5.26 Å². The van der Waals surface area contributed by atoms with Gasteiger partial charge in [0.05, 0.1) is 6.07 Å². The number of tetrazole rings is 1. The van der Waals surface area contributed by atoms with Gasteiger partial charge in [-0.25, -0.2) is 17.9 Å². The van der Waals surface area contributed by atoms with Crippen LogP contribution in [0.25, 0.3) is 0 Å². The third-order valence-corrected chi connectivity index (χ3v) is 6.89. The van der Waals surface area contributed by atoms with E-state index in [4.69, 9.17) is 5.26 Å². The largest absolute Gasteiger partial charge is 0.477 e. The second-order valence-electron chi connectivity index (χ2n) is 6.38. The van der Waals surface area contributed by atoms with Crippen LogP contribution in [-0.2, 0) is 31.3 Å². The SMILES string of the molecule is Cn1nnnc1NCC1=C(C(=O)O)N2C(=O)[C@@H](NC(=O)CS(=O)(=O)CC#N)[C@H]2SC1. The molecule has 2 amide bonds. The molecule has 1 aromatic heterocycles. The number of amides is 2. The maximum atomic E-state index is 12.5. The van der Waals surface area contributed by atoms with Crippen molar-refractivity contribution in [3.8, 4) is 6.07 Å². The Bertz CT molecular complexity index is 1070. The number of anilines is 1. The van der Waals surface area contributed by atoms with Crippen LogP contribution in [0.4, 0.5) is 5.95 Å². The molecule has 0 spiro atoms. The highest BCUT2D eigenvalue weighted by molar-refractivity contribution is 8.00. The Balaban J connectivity index is 1.70. The fourth-order valence-corrected chi connectivity index (χ4v) is 5.08. The fourth-order valence-electron chi connectivity index (χ4n) is 2.95. The van der Waals surface area contributed by atoms with E-state index in [2.05, 4.69) is 26.2 Å². The van der Waals surface area contributed by atoms with Gasteiger partial charge >= 0.3 is 5.97 Å². The second-order valence-corrected chi connectivity index (χ2v) is 9.55. The van der Waals surface area contributed by atoms with Gasteiger partial charge < -0.3 is 15.7 Å². The van der Waals surface area contributed by atoms with Gasteiger partial charge in [-0.05, 0) is 16.0 Å². The number of sulfone groups is 1. The molecule has 0 aliphatic carbocycles. The van der Waals surface area contributed by atoms with E-state index in [1.807, 2.05) is 0 Å². The molecule has 0 saturated carbocycles. The van der Waals surface area contributed by atoms with Crippen LogP contribution in [0.3, 0.4) is 0 Å². The van der Waals surface area contributed by atoms with Crippen molar-refractivity contribution < 1.29 is 27.9 Å². The molecule has 160 valence electrons. The minimum Gasteiger partial charge on any atom is -0.477 e. The van der Waals surface area contributed by atoms with Gasteiger partial charge in [-0.1, -0.05) is 5.10 Å². The molecular weight excluding hydrogens is 440 g/mol. The van der Waals surface area contributed by atoms with Gasteiger partial charge in [0.25, 0.3) is 5.91 Å². The maximum Gasteiger partial charge on any atom is 0.352 e. The summed E-state index contributed by atoms with van der Waals surface area (Å²) in [5.41, 5.74) is 0.232. The average molecular weight is 456 g/mol. The first-order valence-electron chi connectivity index (χ1n) is 8.37. The van der Waals surface area contributed by atoms with Crippen LogP contribution in [0.1, 0.15) is 0 Å². The number of hydrogen-bond acceptors (Lipinski definition) is 11. The zero-order valence-corrected chi connectivity index (χ0v) is 17.1. The average Bonchev–Trinajstić information content (AvgIpc) is 3.07. The molecule has 0 bridgehead atoms. The summed E-state index contributed by atoms with van der Waals surface area (Å²) in [5.74, 6) is -4.05. The maximum absolute atomic E-state index is 12.5. The molecule has 2 aliphatic heterocycles. The molecule has 1 saturated heterocycles. The molecule has 2 atom stereocenters. The molecule has 14 nitrogen and oxygen atoms in total. The number of aliphatic carboxylic acids is 1. The van der Waals surface area contributed by atoms with E-state index in [-0.39, 0.29) is 18.0 Å². The Morgan fingerprint density at radius 1 is 1.43 bits per heavy atom.